The molecule has 1 heterocycles. The zero-order chi connectivity index (χ0) is 23.6. The molecular weight excluding hydrogens is 447 g/mol. The molecule has 33 heavy (non-hydrogen) atoms. The van der Waals surface area contributed by atoms with Gasteiger partial charge in [0.1, 0.15) is 17.3 Å². The zero-order valence-corrected chi connectivity index (χ0v) is 18.9. The van der Waals surface area contributed by atoms with Crippen LogP contribution in [0.4, 0.5) is 21.7 Å². The molecule has 0 atom stereocenters. The Hall–Kier alpha value is -3.92. The molecule has 4 aromatic rings. The van der Waals surface area contributed by atoms with E-state index >= 15 is 0 Å². The quantitative estimate of drug-likeness (QED) is 0.407. The van der Waals surface area contributed by atoms with E-state index in [1.165, 1.54) is 26.4 Å². The third-order valence-corrected chi connectivity index (χ3v) is 6.21. The fourth-order valence-corrected chi connectivity index (χ4v) is 4.12. The highest BCUT2D eigenvalue weighted by Gasteiger charge is 2.20. The molecule has 0 aliphatic rings. The molecule has 0 saturated heterocycles. The average Bonchev–Trinajstić information content (AvgIpc) is 2.80. The molecule has 4 rings (SSSR count). The van der Waals surface area contributed by atoms with Crippen LogP contribution >= 0.6 is 0 Å². The van der Waals surface area contributed by atoms with E-state index in [1.54, 1.807) is 49.4 Å². The number of ether oxygens (including phenoxy) is 2. The number of aromatic nitrogens is 2. The van der Waals surface area contributed by atoms with E-state index in [-0.39, 0.29) is 16.5 Å². The first-order valence-corrected chi connectivity index (χ1v) is 11.3. The van der Waals surface area contributed by atoms with E-state index < -0.39 is 15.8 Å². The molecular formula is C23H21FN4O4S. The number of anilines is 3. The summed E-state index contributed by atoms with van der Waals surface area (Å²) in [5.41, 5.74) is 1.92. The van der Waals surface area contributed by atoms with E-state index in [0.717, 1.165) is 6.07 Å². The van der Waals surface area contributed by atoms with Gasteiger partial charge in [-0.05, 0) is 36.8 Å². The fraction of sp³-hybridized carbons (Fsp3) is 0.130. The van der Waals surface area contributed by atoms with Gasteiger partial charge < -0.3 is 14.8 Å². The molecule has 10 heteroatoms. The predicted molar refractivity (Wildman–Crippen MR) is 124 cm³/mol. The van der Waals surface area contributed by atoms with E-state index in [4.69, 9.17) is 9.47 Å². The molecule has 2 N–H and O–H groups in total. The number of sulfonamides is 1. The lowest BCUT2D eigenvalue weighted by atomic mass is 10.2. The van der Waals surface area contributed by atoms with Gasteiger partial charge in [-0.2, -0.15) is 0 Å². The summed E-state index contributed by atoms with van der Waals surface area (Å²) in [4.78, 5) is 8.74. The van der Waals surface area contributed by atoms with Crippen LogP contribution in [0.3, 0.4) is 0 Å². The van der Waals surface area contributed by atoms with Crippen molar-refractivity contribution in [3.05, 3.63) is 72.0 Å². The number of benzene rings is 3. The number of nitrogens with zero attached hydrogens (tertiary/aromatic N) is 2. The van der Waals surface area contributed by atoms with Crippen molar-refractivity contribution in [2.75, 3.05) is 24.3 Å². The van der Waals surface area contributed by atoms with Crippen LogP contribution in [-0.4, -0.2) is 32.6 Å². The second kappa shape index (κ2) is 8.91. The molecule has 170 valence electrons. The molecule has 3 aromatic carbocycles. The van der Waals surface area contributed by atoms with Crippen LogP contribution in [0.1, 0.15) is 5.56 Å². The van der Waals surface area contributed by atoms with Crippen molar-refractivity contribution in [3.8, 4) is 11.5 Å². The largest absolute Gasteiger partial charge is 0.497 e. The first-order valence-electron chi connectivity index (χ1n) is 9.85. The van der Waals surface area contributed by atoms with Crippen LogP contribution in [0.2, 0.25) is 0 Å². The van der Waals surface area contributed by atoms with Crippen molar-refractivity contribution in [1.82, 2.24) is 9.97 Å². The third-order valence-electron chi connectivity index (χ3n) is 4.87. The van der Waals surface area contributed by atoms with Gasteiger partial charge in [0.15, 0.2) is 11.6 Å². The summed E-state index contributed by atoms with van der Waals surface area (Å²) < 4.78 is 53.0. The fourth-order valence-electron chi connectivity index (χ4n) is 3.10. The second-order valence-electron chi connectivity index (χ2n) is 7.15. The maximum atomic E-state index is 14.0. The highest BCUT2D eigenvalue weighted by atomic mass is 32.2. The van der Waals surface area contributed by atoms with E-state index in [1.807, 2.05) is 0 Å². The summed E-state index contributed by atoms with van der Waals surface area (Å²) in [5.74, 6) is 0.548. The van der Waals surface area contributed by atoms with E-state index in [2.05, 4.69) is 20.0 Å². The Morgan fingerprint density at radius 3 is 2.03 bits per heavy atom. The standard InChI is InChI=1S/C23H21FN4O4S/c1-14-8-9-18(13-19(14)24)33(29,30)28-23-22(26-20-6-4-5-7-21(20)27-23)25-15-10-16(31-2)12-17(11-15)32-3/h4-13H,1-3H3,(H,25,26)(H,27,28). The summed E-state index contributed by atoms with van der Waals surface area (Å²) in [6.45, 7) is 1.55. The first-order chi connectivity index (χ1) is 15.8. The van der Waals surface area contributed by atoms with Crippen molar-refractivity contribution in [3.63, 3.8) is 0 Å². The zero-order valence-electron chi connectivity index (χ0n) is 18.1. The van der Waals surface area contributed by atoms with Gasteiger partial charge in [-0.25, -0.2) is 22.8 Å². The summed E-state index contributed by atoms with van der Waals surface area (Å²) in [7, 11) is -1.10. The van der Waals surface area contributed by atoms with Crippen molar-refractivity contribution in [2.45, 2.75) is 11.8 Å². The summed E-state index contributed by atoms with van der Waals surface area (Å²) in [6.07, 6.45) is 0. The van der Waals surface area contributed by atoms with Crippen LogP contribution in [-0.2, 0) is 10.0 Å². The van der Waals surface area contributed by atoms with Gasteiger partial charge in [0.05, 0.1) is 30.1 Å². The lowest BCUT2D eigenvalue weighted by Gasteiger charge is -2.15. The van der Waals surface area contributed by atoms with Crippen LogP contribution in [0, 0.1) is 12.7 Å². The minimum atomic E-state index is -4.14. The monoisotopic (exact) mass is 468 g/mol. The van der Waals surface area contributed by atoms with Crippen molar-refractivity contribution in [2.24, 2.45) is 0 Å². The maximum Gasteiger partial charge on any atom is 0.263 e. The van der Waals surface area contributed by atoms with E-state index in [9.17, 15) is 12.8 Å². The van der Waals surface area contributed by atoms with Gasteiger partial charge in [0.25, 0.3) is 10.0 Å². The number of nitrogens with one attached hydrogen (secondary N) is 2. The summed E-state index contributed by atoms with van der Waals surface area (Å²) in [5, 5.41) is 3.07. The second-order valence-corrected chi connectivity index (χ2v) is 8.83. The molecule has 0 saturated carbocycles. The van der Waals surface area contributed by atoms with Crippen molar-refractivity contribution >= 4 is 38.4 Å². The Bertz CT molecular complexity index is 1420. The number of rotatable bonds is 7. The molecule has 0 amide bonds. The minimum Gasteiger partial charge on any atom is -0.497 e. The highest BCUT2D eigenvalue weighted by molar-refractivity contribution is 7.92. The minimum absolute atomic E-state index is 0.0449. The van der Waals surface area contributed by atoms with E-state index in [0.29, 0.717) is 33.8 Å². The van der Waals surface area contributed by atoms with Gasteiger partial charge in [-0.1, -0.05) is 18.2 Å². The number of halogens is 1. The maximum absolute atomic E-state index is 14.0. The molecule has 8 nitrogen and oxygen atoms in total. The molecule has 0 aliphatic heterocycles. The first kappa shape index (κ1) is 22.3. The van der Waals surface area contributed by atoms with Gasteiger partial charge in [0.2, 0.25) is 0 Å². The lowest BCUT2D eigenvalue weighted by molar-refractivity contribution is 0.395. The third kappa shape index (κ3) is 4.80. The lowest BCUT2D eigenvalue weighted by Crippen LogP contribution is -2.16. The Labute approximate surface area is 190 Å². The Kier molecular flexibility index (Phi) is 6.01. The molecule has 1 aromatic heterocycles. The van der Waals surface area contributed by atoms with Crippen LogP contribution in [0.15, 0.2) is 65.6 Å². The van der Waals surface area contributed by atoms with Gasteiger partial charge in [-0.15, -0.1) is 0 Å². The number of fused-ring (bicyclic) bond motifs is 1. The van der Waals surface area contributed by atoms with Crippen LogP contribution in [0.5, 0.6) is 11.5 Å². The molecule has 0 fully saturated rings. The number of hydrogen-bond donors (Lipinski definition) is 2. The van der Waals surface area contributed by atoms with Gasteiger partial charge in [-0.3, -0.25) is 4.72 Å². The molecule has 0 unspecified atom stereocenters. The molecule has 0 bridgehead atoms. The van der Waals surface area contributed by atoms with Crippen molar-refractivity contribution in [1.29, 1.82) is 0 Å². The Balaban J connectivity index is 1.79. The normalized spacial score (nSPS) is 11.3. The smallest absolute Gasteiger partial charge is 0.263 e. The Morgan fingerprint density at radius 1 is 0.848 bits per heavy atom. The highest BCUT2D eigenvalue weighted by Crippen LogP contribution is 2.31. The summed E-state index contributed by atoms with van der Waals surface area (Å²) in [6, 6.07) is 15.8. The van der Waals surface area contributed by atoms with Gasteiger partial charge >= 0.3 is 0 Å². The predicted octanol–water partition coefficient (Wildman–Crippen LogP) is 4.64. The van der Waals surface area contributed by atoms with Crippen molar-refractivity contribution < 1.29 is 22.3 Å². The number of aryl methyl sites for hydroxylation is 1. The van der Waals surface area contributed by atoms with Crippen LogP contribution < -0.4 is 19.5 Å². The van der Waals surface area contributed by atoms with Gasteiger partial charge in [0, 0.05) is 23.9 Å². The van der Waals surface area contributed by atoms with Crippen LogP contribution in [0.25, 0.3) is 11.0 Å². The summed E-state index contributed by atoms with van der Waals surface area (Å²) >= 11 is 0. The average molecular weight is 469 g/mol. The Morgan fingerprint density at radius 2 is 1.45 bits per heavy atom. The SMILES string of the molecule is COc1cc(Nc2nc3ccccc3nc2NS(=O)(=O)c2ccc(C)c(F)c2)cc(OC)c1. The number of hydrogen-bond acceptors (Lipinski definition) is 7. The molecule has 0 radical (unpaired) electrons. The number of methoxy groups -OCH3 is 2. The topological polar surface area (TPSA) is 102 Å². The molecule has 0 aliphatic carbocycles. The number of para-hydroxylation sites is 2. The molecule has 0 spiro atoms.